The molecular formula is C16H35FN2O5. The van der Waals surface area contributed by atoms with Crippen LogP contribution >= 0.6 is 0 Å². The Kier molecular flexibility index (Phi) is 13.4. The van der Waals surface area contributed by atoms with Gasteiger partial charge < -0.3 is 24.8 Å². The molecule has 0 aliphatic rings. The maximum absolute atomic E-state index is 13.4. The molecule has 2 amide bonds. The van der Waals surface area contributed by atoms with E-state index < -0.39 is 6.17 Å². The zero-order valence-corrected chi connectivity index (χ0v) is 15.1. The number of ether oxygens (including phenoxy) is 3. The van der Waals surface area contributed by atoms with Crippen LogP contribution < -0.4 is 10.6 Å². The number of halogens is 1. The van der Waals surface area contributed by atoms with E-state index in [0.717, 1.165) is 0 Å². The highest BCUT2D eigenvalue weighted by atomic mass is 19.1. The van der Waals surface area contributed by atoms with E-state index in [0.29, 0.717) is 19.8 Å². The molecule has 0 bridgehead atoms. The number of alkyl halides is 1. The Balaban J connectivity index is -0.00000264. The molecule has 0 spiro atoms. The first kappa shape index (κ1) is 22.8. The van der Waals surface area contributed by atoms with Crippen LogP contribution in [0.2, 0.25) is 0 Å². The number of nitrogens with one attached hydrogen (secondary N) is 2. The lowest BCUT2D eigenvalue weighted by Gasteiger charge is -2.12. The summed E-state index contributed by atoms with van der Waals surface area (Å²) in [6.45, 7) is 8.39. The van der Waals surface area contributed by atoms with Crippen LogP contribution in [0.25, 0.3) is 0 Å². The van der Waals surface area contributed by atoms with Gasteiger partial charge >= 0.3 is 0 Å². The summed E-state index contributed by atoms with van der Waals surface area (Å²) in [7, 11) is 0. The molecule has 7 nitrogen and oxygen atoms in total. The van der Waals surface area contributed by atoms with Crippen molar-refractivity contribution in [2.45, 2.75) is 40.0 Å². The number of hydrogen-bond acceptors (Lipinski definition) is 5. The van der Waals surface area contributed by atoms with Gasteiger partial charge in [0, 0.05) is 15.3 Å². The lowest BCUT2D eigenvalue weighted by Crippen LogP contribution is -2.35. The van der Waals surface area contributed by atoms with Crippen LogP contribution in [0.1, 0.15) is 30.5 Å². The molecule has 1 unspecified atom stereocenters. The second kappa shape index (κ2) is 14.1. The van der Waals surface area contributed by atoms with Gasteiger partial charge in [-0.05, 0) is 13.8 Å². The zero-order valence-electron chi connectivity index (χ0n) is 15.1. The van der Waals surface area contributed by atoms with Crippen molar-refractivity contribution < 1.29 is 31.0 Å². The van der Waals surface area contributed by atoms with Crippen molar-refractivity contribution in [3.63, 3.8) is 0 Å². The molecule has 0 aromatic heterocycles. The van der Waals surface area contributed by atoms with Crippen molar-refractivity contribution in [3.05, 3.63) is 0 Å². The minimum Gasteiger partial charge on any atom is -0.377 e. The molecule has 0 saturated carbocycles. The lowest BCUT2D eigenvalue weighted by atomic mass is 10.2. The highest BCUT2D eigenvalue weighted by Gasteiger charge is 2.11. The third-order valence-corrected chi connectivity index (χ3v) is 2.81. The maximum atomic E-state index is 13.4. The van der Waals surface area contributed by atoms with E-state index in [2.05, 4.69) is 10.6 Å². The topological polar surface area (TPSA) is 85.9 Å². The van der Waals surface area contributed by atoms with Gasteiger partial charge in [0.05, 0.1) is 39.1 Å². The minimum atomic E-state index is -1.24. The summed E-state index contributed by atoms with van der Waals surface area (Å²) in [5.74, 6) is -0.530. The average molecular weight is 354 g/mol. The Morgan fingerprint density at radius 2 is 1.71 bits per heavy atom. The van der Waals surface area contributed by atoms with E-state index in [1.807, 2.05) is 13.8 Å². The van der Waals surface area contributed by atoms with Gasteiger partial charge in [0.25, 0.3) is 0 Å². The van der Waals surface area contributed by atoms with Gasteiger partial charge in [-0.3, -0.25) is 9.59 Å². The van der Waals surface area contributed by atoms with Crippen LogP contribution in [-0.4, -0.2) is 70.2 Å². The first-order valence-corrected chi connectivity index (χ1v) is 8.28. The van der Waals surface area contributed by atoms with Gasteiger partial charge in [0.15, 0.2) is 0 Å². The molecule has 0 rings (SSSR count). The first-order chi connectivity index (χ1) is 11.3. The van der Waals surface area contributed by atoms with E-state index >= 15 is 0 Å². The Morgan fingerprint density at radius 1 is 1.04 bits per heavy atom. The molecule has 24 heavy (non-hydrogen) atoms. The fourth-order valence-corrected chi connectivity index (χ4v) is 1.46. The maximum Gasteiger partial charge on any atom is 0.246 e. The van der Waals surface area contributed by atoms with Gasteiger partial charge in [0.1, 0.15) is 12.8 Å². The normalized spacial score (nSPS) is 12.5. The van der Waals surface area contributed by atoms with Gasteiger partial charge in [-0.15, -0.1) is 0 Å². The monoisotopic (exact) mass is 354 g/mol. The minimum absolute atomic E-state index is 0. The van der Waals surface area contributed by atoms with Crippen LogP contribution in [0, 0.1) is 5.92 Å². The quantitative estimate of drug-likeness (QED) is 0.457. The van der Waals surface area contributed by atoms with Crippen molar-refractivity contribution in [1.82, 2.24) is 10.6 Å². The molecule has 0 heterocycles. The van der Waals surface area contributed by atoms with Crippen molar-refractivity contribution in [1.29, 1.82) is 0 Å². The second-order valence-electron chi connectivity index (χ2n) is 5.89. The summed E-state index contributed by atoms with van der Waals surface area (Å²) in [6.07, 6.45) is -1.23. The predicted molar refractivity (Wildman–Crippen MR) is 92.7 cm³/mol. The fourth-order valence-electron chi connectivity index (χ4n) is 1.46. The van der Waals surface area contributed by atoms with Crippen LogP contribution in [-0.2, 0) is 23.8 Å². The van der Waals surface area contributed by atoms with E-state index in [-0.39, 0.29) is 53.1 Å². The van der Waals surface area contributed by atoms with Crippen molar-refractivity contribution in [2.75, 3.05) is 46.1 Å². The van der Waals surface area contributed by atoms with Crippen molar-refractivity contribution in [2.24, 2.45) is 5.92 Å². The zero-order chi connectivity index (χ0) is 18.4. The summed E-state index contributed by atoms with van der Waals surface area (Å²) in [6, 6.07) is 0. The Labute approximate surface area is 146 Å². The summed E-state index contributed by atoms with van der Waals surface area (Å²) >= 11 is 0. The van der Waals surface area contributed by atoms with Crippen LogP contribution in [0.5, 0.6) is 0 Å². The summed E-state index contributed by atoms with van der Waals surface area (Å²) in [4.78, 5) is 22.6. The van der Waals surface area contributed by atoms with Gasteiger partial charge in [-0.2, -0.15) is 0 Å². The SMILES string of the molecule is CC(C)OCC(=O)NCCOCCOCC(F)CNC(=O)C(C)C.[HH].[HH]. The van der Waals surface area contributed by atoms with Crippen molar-refractivity contribution in [3.8, 4) is 0 Å². The molecule has 1 atom stereocenters. The fraction of sp³-hybridized carbons (Fsp3) is 0.875. The number of rotatable bonds is 14. The van der Waals surface area contributed by atoms with E-state index in [9.17, 15) is 14.0 Å². The first-order valence-electron chi connectivity index (χ1n) is 8.28. The molecule has 0 fully saturated rings. The molecule has 0 aromatic carbocycles. The van der Waals surface area contributed by atoms with Crippen molar-refractivity contribution >= 4 is 11.8 Å². The number of hydrogen-bond donors (Lipinski definition) is 2. The Morgan fingerprint density at radius 3 is 2.33 bits per heavy atom. The molecule has 146 valence electrons. The van der Waals surface area contributed by atoms with Gasteiger partial charge in [0.2, 0.25) is 11.8 Å². The smallest absolute Gasteiger partial charge is 0.246 e. The van der Waals surface area contributed by atoms with Crippen LogP contribution in [0.4, 0.5) is 4.39 Å². The Hall–Kier alpha value is -1.25. The molecule has 8 heteroatoms. The highest BCUT2D eigenvalue weighted by Crippen LogP contribution is 1.94. The molecule has 0 aromatic rings. The molecular weight excluding hydrogens is 319 g/mol. The van der Waals surface area contributed by atoms with Crippen LogP contribution in [0.15, 0.2) is 0 Å². The molecule has 2 N–H and O–H groups in total. The third kappa shape index (κ3) is 14.3. The average Bonchev–Trinajstić information content (AvgIpc) is 2.52. The molecule has 0 saturated heterocycles. The van der Waals surface area contributed by atoms with Crippen LogP contribution in [0.3, 0.4) is 0 Å². The summed E-state index contributed by atoms with van der Waals surface area (Å²) < 4.78 is 29.0. The molecule has 0 radical (unpaired) electrons. The largest absolute Gasteiger partial charge is 0.377 e. The second-order valence-corrected chi connectivity index (χ2v) is 5.89. The molecule has 0 aliphatic carbocycles. The van der Waals surface area contributed by atoms with E-state index in [1.54, 1.807) is 13.8 Å². The summed E-state index contributed by atoms with van der Waals surface area (Å²) in [5, 5.41) is 5.16. The third-order valence-electron chi connectivity index (χ3n) is 2.81. The lowest BCUT2D eigenvalue weighted by molar-refractivity contribution is -0.127. The van der Waals surface area contributed by atoms with E-state index in [1.165, 1.54) is 0 Å². The standard InChI is InChI=1S/C16H31FN2O5.2H2/c1-12(2)16(21)19-9-14(17)10-23-8-7-22-6-5-18-15(20)11-24-13(3)4;;/h12-14H,5-11H2,1-4H3,(H,18,20)(H,19,21);2*1H. The number of amides is 2. The number of carbonyl (C=O) groups is 2. The van der Waals surface area contributed by atoms with Gasteiger partial charge in [-0.25, -0.2) is 4.39 Å². The van der Waals surface area contributed by atoms with E-state index in [4.69, 9.17) is 14.2 Å². The summed E-state index contributed by atoms with van der Waals surface area (Å²) in [5.41, 5.74) is 0. The number of carbonyl (C=O) groups excluding carboxylic acids is 2. The Bertz CT molecular complexity index is 364. The predicted octanol–water partition coefficient (Wildman–Crippen LogP) is 1.16. The van der Waals surface area contributed by atoms with Gasteiger partial charge in [-0.1, -0.05) is 13.8 Å². The molecule has 0 aliphatic heterocycles. The highest BCUT2D eigenvalue weighted by molar-refractivity contribution is 5.77.